The number of carbonyl (C=O) groups excluding carboxylic acids is 2. The van der Waals surface area contributed by atoms with Crippen molar-refractivity contribution in [1.29, 1.82) is 0 Å². The molecule has 4 nitrogen and oxygen atoms in total. The van der Waals surface area contributed by atoms with Crippen molar-refractivity contribution < 1.29 is 14.3 Å². The smallest absolute Gasteiger partial charge is 0.311 e. The standard InChI is InChI=1S/C19H21NO3/c1-13-4-8-16(9-5-13)12-18(21)23-15(3)19(22)20-17-10-6-14(2)7-11-17/h4-11,15H,12H2,1-3H3,(H,20,22)/t15-/m0/s1. The third kappa shape index (κ3) is 5.25. The number of rotatable bonds is 5. The molecule has 0 aromatic heterocycles. The lowest BCUT2D eigenvalue weighted by Gasteiger charge is -2.13. The van der Waals surface area contributed by atoms with Gasteiger partial charge < -0.3 is 10.1 Å². The van der Waals surface area contributed by atoms with Crippen LogP contribution in [-0.2, 0) is 20.7 Å². The summed E-state index contributed by atoms with van der Waals surface area (Å²) in [5, 5.41) is 2.73. The molecule has 0 aliphatic rings. The van der Waals surface area contributed by atoms with Crippen LogP contribution in [0.3, 0.4) is 0 Å². The molecule has 0 radical (unpaired) electrons. The summed E-state index contributed by atoms with van der Waals surface area (Å²) >= 11 is 0. The molecule has 0 unspecified atom stereocenters. The van der Waals surface area contributed by atoms with Gasteiger partial charge in [-0.2, -0.15) is 0 Å². The van der Waals surface area contributed by atoms with Gasteiger partial charge in [0.1, 0.15) is 0 Å². The van der Waals surface area contributed by atoms with E-state index < -0.39 is 12.1 Å². The summed E-state index contributed by atoms with van der Waals surface area (Å²) in [6.07, 6.45) is -0.683. The molecule has 1 atom stereocenters. The third-order valence-corrected chi connectivity index (χ3v) is 3.47. The average Bonchev–Trinajstić information content (AvgIpc) is 2.51. The van der Waals surface area contributed by atoms with Gasteiger partial charge in [0.05, 0.1) is 6.42 Å². The Balaban J connectivity index is 1.86. The van der Waals surface area contributed by atoms with Crippen molar-refractivity contribution in [2.75, 3.05) is 5.32 Å². The van der Waals surface area contributed by atoms with E-state index in [1.807, 2.05) is 62.4 Å². The number of nitrogens with one attached hydrogen (secondary N) is 1. The monoisotopic (exact) mass is 311 g/mol. The molecule has 1 amide bonds. The molecule has 0 fully saturated rings. The highest BCUT2D eigenvalue weighted by molar-refractivity contribution is 5.95. The second kappa shape index (κ2) is 7.58. The first-order valence-electron chi connectivity index (χ1n) is 7.56. The highest BCUT2D eigenvalue weighted by Crippen LogP contribution is 2.10. The fourth-order valence-electron chi connectivity index (χ4n) is 2.05. The molecule has 0 spiro atoms. The largest absolute Gasteiger partial charge is 0.452 e. The Morgan fingerprint density at radius 3 is 2.04 bits per heavy atom. The lowest BCUT2D eigenvalue weighted by molar-refractivity contribution is -0.152. The summed E-state index contributed by atoms with van der Waals surface area (Å²) in [6, 6.07) is 15.1. The zero-order valence-electron chi connectivity index (χ0n) is 13.6. The lowest BCUT2D eigenvalue weighted by Crippen LogP contribution is -2.30. The van der Waals surface area contributed by atoms with Gasteiger partial charge in [0.25, 0.3) is 5.91 Å². The second-order valence-corrected chi connectivity index (χ2v) is 5.65. The van der Waals surface area contributed by atoms with Gasteiger partial charge in [0, 0.05) is 5.69 Å². The first-order valence-corrected chi connectivity index (χ1v) is 7.56. The maximum absolute atomic E-state index is 12.0. The van der Waals surface area contributed by atoms with E-state index in [0.717, 1.165) is 16.7 Å². The molecule has 0 bridgehead atoms. The van der Waals surface area contributed by atoms with Crippen LogP contribution >= 0.6 is 0 Å². The Morgan fingerprint density at radius 1 is 0.957 bits per heavy atom. The number of benzene rings is 2. The number of hydrogen-bond acceptors (Lipinski definition) is 3. The Kier molecular flexibility index (Phi) is 5.52. The number of aryl methyl sites for hydroxylation is 2. The van der Waals surface area contributed by atoms with E-state index in [4.69, 9.17) is 4.74 Å². The molecule has 23 heavy (non-hydrogen) atoms. The summed E-state index contributed by atoms with van der Waals surface area (Å²) in [4.78, 5) is 23.9. The Morgan fingerprint density at radius 2 is 1.48 bits per heavy atom. The van der Waals surface area contributed by atoms with Crippen LogP contribution < -0.4 is 5.32 Å². The van der Waals surface area contributed by atoms with Crippen LogP contribution in [0.4, 0.5) is 5.69 Å². The molecule has 0 heterocycles. The minimum Gasteiger partial charge on any atom is -0.452 e. The fourth-order valence-corrected chi connectivity index (χ4v) is 2.05. The maximum atomic E-state index is 12.0. The van der Waals surface area contributed by atoms with Gasteiger partial charge in [-0.3, -0.25) is 9.59 Å². The first kappa shape index (κ1) is 16.7. The zero-order chi connectivity index (χ0) is 16.8. The van der Waals surface area contributed by atoms with Crippen molar-refractivity contribution in [3.8, 4) is 0 Å². The molecule has 120 valence electrons. The third-order valence-electron chi connectivity index (χ3n) is 3.47. The zero-order valence-corrected chi connectivity index (χ0v) is 13.6. The van der Waals surface area contributed by atoms with Crippen LogP contribution in [0, 0.1) is 13.8 Å². The van der Waals surface area contributed by atoms with E-state index in [1.54, 1.807) is 6.92 Å². The summed E-state index contributed by atoms with van der Waals surface area (Å²) in [7, 11) is 0. The fraction of sp³-hybridized carbons (Fsp3) is 0.263. The van der Waals surface area contributed by atoms with E-state index >= 15 is 0 Å². The van der Waals surface area contributed by atoms with Crippen LogP contribution in [0.25, 0.3) is 0 Å². The highest BCUT2D eigenvalue weighted by Gasteiger charge is 2.18. The van der Waals surface area contributed by atoms with E-state index in [0.29, 0.717) is 5.69 Å². The number of esters is 1. The second-order valence-electron chi connectivity index (χ2n) is 5.65. The molecule has 0 saturated carbocycles. The summed E-state index contributed by atoms with van der Waals surface area (Å²) in [5.41, 5.74) is 3.79. The molecule has 4 heteroatoms. The predicted molar refractivity (Wildman–Crippen MR) is 90.2 cm³/mol. The predicted octanol–water partition coefficient (Wildman–Crippen LogP) is 3.42. The summed E-state index contributed by atoms with van der Waals surface area (Å²) in [5.74, 6) is -0.758. The van der Waals surface area contributed by atoms with Crippen LogP contribution in [0.15, 0.2) is 48.5 Å². The average molecular weight is 311 g/mol. The van der Waals surface area contributed by atoms with E-state index in [9.17, 15) is 9.59 Å². The van der Waals surface area contributed by atoms with Gasteiger partial charge in [-0.15, -0.1) is 0 Å². The summed E-state index contributed by atoms with van der Waals surface area (Å²) < 4.78 is 5.19. The molecule has 0 saturated heterocycles. The minimum absolute atomic E-state index is 0.155. The number of ether oxygens (including phenoxy) is 1. The van der Waals surface area contributed by atoms with Gasteiger partial charge in [0.2, 0.25) is 0 Å². The van der Waals surface area contributed by atoms with Gasteiger partial charge in [-0.05, 0) is 38.5 Å². The van der Waals surface area contributed by atoms with Crippen molar-refractivity contribution in [3.05, 3.63) is 65.2 Å². The SMILES string of the molecule is Cc1ccc(CC(=O)O[C@@H](C)C(=O)Nc2ccc(C)cc2)cc1. The quantitative estimate of drug-likeness (QED) is 0.861. The lowest BCUT2D eigenvalue weighted by atomic mass is 10.1. The highest BCUT2D eigenvalue weighted by atomic mass is 16.5. The van der Waals surface area contributed by atoms with Crippen molar-refractivity contribution >= 4 is 17.6 Å². The summed E-state index contributed by atoms with van der Waals surface area (Å²) in [6.45, 7) is 5.53. The van der Waals surface area contributed by atoms with Gasteiger partial charge in [-0.25, -0.2) is 0 Å². The number of anilines is 1. The van der Waals surface area contributed by atoms with Gasteiger partial charge in [0.15, 0.2) is 6.10 Å². The Hall–Kier alpha value is -2.62. The van der Waals surface area contributed by atoms with Crippen LogP contribution in [-0.4, -0.2) is 18.0 Å². The molecule has 2 aromatic carbocycles. The van der Waals surface area contributed by atoms with Crippen LogP contribution in [0.1, 0.15) is 23.6 Å². The molecular weight excluding hydrogens is 290 g/mol. The normalized spacial score (nSPS) is 11.6. The van der Waals surface area contributed by atoms with E-state index in [-0.39, 0.29) is 12.3 Å². The van der Waals surface area contributed by atoms with Crippen LogP contribution in [0.2, 0.25) is 0 Å². The van der Waals surface area contributed by atoms with Crippen molar-refractivity contribution in [3.63, 3.8) is 0 Å². The van der Waals surface area contributed by atoms with E-state index in [1.165, 1.54) is 0 Å². The van der Waals surface area contributed by atoms with Crippen molar-refractivity contribution in [2.24, 2.45) is 0 Å². The van der Waals surface area contributed by atoms with Gasteiger partial charge in [-0.1, -0.05) is 47.5 Å². The molecule has 0 aliphatic heterocycles. The van der Waals surface area contributed by atoms with E-state index in [2.05, 4.69) is 5.32 Å². The maximum Gasteiger partial charge on any atom is 0.311 e. The Bertz CT molecular complexity index is 675. The van der Waals surface area contributed by atoms with Crippen molar-refractivity contribution in [1.82, 2.24) is 0 Å². The Labute approximate surface area is 136 Å². The first-order chi connectivity index (χ1) is 10.9. The minimum atomic E-state index is -0.839. The van der Waals surface area contributed by atoms with Crippen LogP contribution in [0.5, 0.6) is 0 Å². The number of hydrogen-bond donors (Lipinski definition) is 1. The number of carbonyl (C=O) groups is 2. The van der Waals surface area contributed by atoms with Gasteiger partial charge >= 0.3 is 5.97 Å². The molecule has 2 rings (SSSR count). The van der Waals surface area contributed by atoms with Crippen molar-refractivity contribution in [2.45, 2.75) is 33.3 Å². The topological polar surface area (TPSA) is 55.4 Å². The number of amides is 1. The molecular formula is C19H21NO3. The molecule has 2 aromatic rings. The molecule has 1 N–H and O–H groups in total. The molecule has 0 aliphatic carbocycles.